The number of rotatable bonds is 5. The number of nitrogens with one attached hydrogen (secondary N) is 2. The molecule has 0 aliphatic heterocycles. The van der Waals surface area contributed by atoms with Crippen LogP contribution in [0.1, 0.15) is 11.6 Å². The highest BCUT2D eigenvalue weighted by atomic mass is 16.3. The number of aromatic amines is 1. The third-order valence-electron chi connectivity index (χ3n) is 2.93. The Labute approximate surface area is 119 Å². The number of aliphatic hydroxyl groups is 1. The van der Waals surface area contributed by atoms with E-state index in [0.29, 0.717) is 0 Å². The van der Waals surface area contributed by atoms with E-state index in [1.807, 2.05) is 6.07 Å². The molecule has 110 valence electrons. The van der Waals surface area contributed by atoms with E-state index in [1.165, 1.54) is 6.20 Å². The van der Waals surface area contributed by atoms with E-state index in [4.69, 9.17) is 0 Å². The van der Waals surface area contributed by atoms with Gasteiger partial charge < -0.3 is 10.4 Å². The minimum Gasteiger partial charge on any atom is -0.394 e. The minimum atomic E-state index is -0.655. The van der Waals surface area contributed by atoms with Crippen molar-refractivity contribution in [1.82, 2.24) is 14.9 Å². The number of carbonyl (C=O) groups is 1. The molecule has 0 unspecified atom stereocenters. The van der Waals surface area contributed by atoms with Gasteiger partial charge in [0.2, 0.25) is 5.91 Å². The second-order valence-corrected chi connectivity index (χ2v) is 4.45. The lowest BCUT2D eigenvalue weighted by Crippen LogP contribution is -2.37. The normalized spacial score (nSPS) is 11.9. The number of nitrogens with zero attached hydrogens (tertiary/aromatic N) is 1. The zero-order valence-electron chi connectivity index (χ0n) is 11.2. The second-order valence-electron chi connectivity index (χ2n) is 4.45. The van der Waals surface area contributed by atoms with Gasteiger partial charge in [-0.1, -0.05) is 30.3 Å². The summed E-state index contributed by atoms with van der Waals surface area (Å²) in [6.07, 6.45) is 1.25. The van der Waals surface area contributed by atoms with Gasteiger partial charge in [-0.05, 0) is 5.56 Å². The molecule has 0 spiro atoms. The first-order chi connectivity index (χ1) is 10.1. The van der Waals surface area contributed by atoms with E-state index in [0.717, 1.165) is 16.2 Å². The van der Waals surface area contributed by atoms with Crippen LogP contribution in [0.3, 0.4) is 0 Å². The van der Waals surface area contributed by atoms with Gasteiger partial charge in [0.05, 0.1) is 12.6 Å². The average molecular weight is 289 g/mol. The van der Waals surface area contributed by atoms with Gasteiger partial charge in [0, 0.05) is 12.3 Å². The molecule has 0 bridgehead atoms. The van der Waals surface area contributed by atoms with Crippen molar-refractivity contribution in [3.63, 3.8) is 0 Å². The molecule has 0 aliphatic carbocycles. The fourth-order valence-electron chi connectivity index (χ4n) is 1.88. The molecule has 7 nitrogen and oxygen atoms in total. The first-order valence-corrected chi connectivity index (χ1v) is 6.35. The van der Waals surface area contributed by atoms with Crippen LogP contribution in [0.25, 0.3) is 0 Å². The van der Waals surface area contributed by atoms with Crippen LogP contribution < -0.4 is 16.6 Å². The Balaban J connectivity index is 2.07. The van der Waals surface area contributed by atoms with Crippen LogP contribution >= 0.6 is 0 Å². The molecule has 1 amide bonds. The van der Waals surface area contributed by atoms with E-state index in [-0.39, 0.29) is 13.2 Å². The summed E-state index contributed by atoms with van der Waals surface area (Å²) in [5.74, 6) is -0.438. The molecule has 2 aromatic rings. The van der Waals surface area contributed by atoms with Crippen molar-refractivity contribution in [3.05, 3.63) is 69.0 Å². The molecule has 1 aromatic carbocycles. The number of H-pyrrole nitrogens is 1. The number of aliphatic hydroxyl groups excluding tert-OH is 1. The maximum absolute atomic E-state index is 11.9. The van der Waals surface area contributed by atoms with Gasteiger partial charge in [0.15, 0.2) is 0 Å². The Hall–Kier alpha value is -2.67. The van der Waals surface area contributed by atoms with Crippen molar-refractivity contribution < 1.29 is 9.90 Å². The number of carbonyl (C=O) groups excluding carboxylic acids is 1. The maximum atomic E-state index is 11.9. The third-order valence-corrected chi connectivity index (χ3v) is 2.93. The molecule has 21 heavy (non-hydrogen) atoms. The summed E-state index contributed by atoms with van der Waals surface area (Å²) in [6, 6.07) is 9.63. The first-order valence-electron chi connectivity index (χ1n) is 6.35. The molecule has 7 heteroatoms. The fraction of sp³-hybridized carbons (Fsp3) is 0.214. The summed E-state index contributed by atoms with van der Waals surface area (Å²) in [7, 11) is 0. The summed E-state index contributed by atoms with van der Waals surface area (Å²) in [5, 5.41) is 12.0. The van der Waals surface area contributed by atoms with Crippen LogP contribution in [0.5, 0.6) is 0 Å². The largest absolute Gasteiger partial charge is 0.394 e. The van der Waals surface area contributed by atoms with E-state index >= 15 is 0 Å². The lowest BCUT2D eigenvalue weighted by Gasteiger charge is -2.17. The van der Waals surface area contributed by atoms with Crippen molar-refractivity contribution >= 4 is 5.91 Å². The lowest BCUT2D eigenvalue weighted by atomic mass is 10.1. The summed E-state index contributed by atoms with van der Waals surface area (Å²) < 4.78 is 1.08. The van der Waals surface area contributed by atoms with E-state index in [2.05, 4.69) is 10.3 Å². The minimum absolute atomic E-state index is 0.237. The zero-order valence-corrected chi connectivity index (χ0v) is 11.2. The number of amides is 1. The SMILES string of the molecule is O=C(Cn1ccc(=O)[nH]c1=O)N[C@H](CO)c1ccccc1. The molecule has 3 N–H and O–H groups in total. The summed E-state index contributed by atoms with van der Waals surface area (Å²) in [5.41, 5.74) is -0.408. The number of hydrogen-bond donors (Lipinski definition) is 3. The van der Waals surface area contributed by atoms with Gasteiger partial charge in [-0.2, -0.15) is 0 Å². The topological polar surface area (TPSA) is 104 Å². The molecule has 1 atom stereocenters. The Morgan fingerprint density at radius 3 is 2.57 bits per heavy atom. The van der Waals surface area contributed by atoms with Gasteiger partial charge in [0.1, 0.15) is 6.54 Å². The molecular weight excluding hydrogens is 274 g/mol. The summed E-state index contributed by atoms with van der Waals surface area (Å²) in [6.45, 7) is -0.491. The molecule has 0 fully saturated rings. The Bertz CT molecular complexity index is 721. The van der Waals surface area contributed by atoms with E-state index in [1.54, 1.807) is 24.3 Å². The zero-order chi connectivity index (χ0) is 15.2. The maximum Gasteiger partial charge on any atom is 0.328 e. The molecule has 0 saturated carbocycles. The van der Waals surface area contributed by atoms with Crippen LogP contribution in [0.4, 0.5) is 0 Å². The van der Waals surface area contributed by atoms with Crippen molar-refractivity contribution in [1.29, 1.82) is 0 Å². The van der Waals surface area contributed by atoms with Gasteiger partial charge >= 0.3 is 5.69 Å². The second kappa shape index (κ2) is 6.67. The van der Waals surface area contributed by atoms with E-state index in [9.17, 15) is 19.5 Å². The third kappa shape index (κ3) is 3.90. The van der Waals surface area contributed by atoms with Gasteiger partial charge in [-0.3, -0.25) is 19.1 Å². The quantitative estimate of drug-likeness (QED) is 0.682. The molecular formula is C14H15N3O4. The highest BCUT2D eigenvalue weighted by Gasteiger charge is 2.13. The van der Waals surface area contributed by atoms with Gasteiger partial charge in [-0.15, -0.1) is 0 Å². The Kier molecular flexibility index (Phi) is 4.68. The molecule has 1 heterocycles. The standard InChI is InChI=1S/C14H15N3O4/c18-9-11(10-4-2-1-3-5-10)15-13(20)8-17-7-6-12(19)16-14(17)21/h1-7,11,18H,8-9H2,(H,15,20)(H,16,19,21)/t11-/m1/s1. The first kappa shape index (κ1) is 14.7. The van der Waals surface area contributed by atoms with Crippen LogP contribution in [-0.4, -0.2) is 27.2 Å². The molecule has 1 aromatic heterocycles. The average Bonchev–Trinajstić information content (AvgIpc) is 2.48. The fourth-order valence-corrected chi connectivity index (χ4v) is 1.88. The predicted molar refractivity (Wildman–Crippen MR) is 75.7 cm³/mol. The summed E-state index contributed by atoms with van der Waals surface area (Å²) >= 11 is 0. The van der Waals surface area contributed by atoms with Crippen LogP contribution in [-0.2, 0) is 11.3 Å². The Morgan fingerprint density at radius 2 is 1.95 bits per heavy atom. The monoisotopic (exact) mass is 289 g/mol. The molecule has 0 saturated heterocycles. The number of aromatic nitrogens is 2. The predicted octanol–water partition coefficient (Wildman–Crippen LogP) is -0.614. The number of benzene rings is 1. The molecule has 0 aliphatic rings. The Morgan fingerprint density at radius 1 is 1.24 bits per heavy atom. The van der Waals surface area contributed by atoms with Crippen molar-refractivity contribution in [2.24, 2.45) is 0 Å². The van der Waals surface area contributed by atoms with Gasteiger partial charge in [-0.25, -0.2) is 4.79 Å². The van der Waals surface area contributed by atoms with E-state index < -0.39 is 23.2 Å². The van der Waals surface area contributed by atoms with Crippen LogP contribution in [0.15, 0.2) is 52.2 Å². The number of hydrogen-bond acceptors (Lipinski definition) is 4. The molecule has 2 rings (SSSR count). The highest BCUT2D eigenvalue weighted by Crippen LogP contribution is 2.11. The smallest absolute Gasteiger partial charge is 0.328 e. The van der Waals surface area contributed by atoms with Crippen LogP contribution in [0.2, 0.25) is 0 Å². The van der Waals surface area contributed by atoms with Crippen LogP contribution in [0, 0.1) is 0 Å². The van der Waals surface area contributed by atoms with Crippen molar-refractivity contribution in [3.8, 4) is 0 Å². The van der Waals surface area contributed by atoms with Crippen molar-refractivity contribution in [2.45, 2.75) is 12.6 Å². The summed E-state index contributed by atoms with van der Waals surface area (Å²) in [4.78, 5) is 36.4. The lowest BCUT2D eigenvalue weighted by molar-refractivity contribution is -0.122. The molecule has 0 radical (unpaired) electrons. The van der Waals surface area contributed by atoms with Gasteiger partial charge in [0.25, 0.3) is 5.56 Å². The van der Waals surface area contributed by atoms with Crippen molar-refractivity contribution in [2.75, 3.05) is 6.61 Å². The highest BCUT2D eigenvalue weighted by molar-refractivity contribution is 5.76.